The highest BCUT2D eigenvalue weighted by atomic mass is 19.4. The highest BCUT2D eigenvalue weighted by Gasteiger charge is 2.38. The third kappa shape index (κ3) is 3.98. The summed E-state index contributed by atoms with van der Waals surface area (Å²) in [5, 5.41) is -0.583. The number of methoxy groups -OCH3 is 1. The predicted molar refractivity (Wildman–Crippen MR) is 98.9 cm³/mol. The number of alkyl halides is 3. The van der Waals surface area contributed by atoms with E-state index in [0.29, 0.717) is 6.07 Å². The number of aryl methyl sites for hydroxylation is 1. The van der Waals surface area contributed by atoms with Crippen LogP contribution in [0.1, 0.15) is 40.3 Å². The van der Waals surface area contributed by atoms with E-state index in [0.717, 1.165) is 0 Å². The summed E-state index contributed by atoms with van der Waals surface area (Å²) in [6.45, 7) is 2.60. The lowest BCUT2D eigenvalue weighted by Crippen LogP contribution is -2.20. The van der Waals surface area contributed by atoms with Crippen LogP contribution in [-0.2, 0) is 10.9 Å². The number of carbonyl (C=O) groups excluding carboxylic acids is 1. The lowest BCUT2D eigenvalue weighted by atomic mass is 9.98. The number of nitrogens with zero attached hydrogens (tertiary/aromatic N) is 1. The Morgan fingerprint density at radius 2 is 1.83 bits per heavy atom. The van der Waals surface area contributed by atoms with Crippen molar-refractivity contribution in [3.8, 4) is 5.75 Å². The minimum atomic E-state index is -4.91. The third-order valence-electron chi connectivity index (χ3n) is 4.39. The summed E-state index contributed by atoms with van der Waals surface area (Å²) in [5.74, 6) is -1.80. The summed E-state index contributed by atoms with van der Waals surface area (Å²) in [5.41, 5.74) is -3.19. The molecule has 0 spiro atoms. The van der Waals surface area contributed by atoms with E-state index in [2.05, 4.69) is 14.7 Å². The first-order chi connectivity index (χ1) is 14.0. The van der Waals surface area contributed by atoms with E-state index in [-0.39, 0.29) is 17.1 Å². The largest absolute Gasteiger partial charge is 0.486 e. The van der Waals surface area contributed by atoms with Crippen LogP contribution in [0.15, 0.2) is 35.1 Å². The zero-order chi connectivity index (χ0) is 22.2. The van der Waals surface area contributed by atoms with Gasteiger partial charge in [-0.05, 0) is 44.2 Å². The smallest absolute Gasteiger partial charge is 0.416 e. The van der Waals surface area contributed by atoms with Crippen LogP contribution in [0.5, 0.6) is 5.75 Å². The second-order valence-electron chi connectivity index (χ2n) is 6.47. The summed E-state index contributed by atoms with van der Waals surface area (Å²) in [6.07, 6.45) is -6.31. The number of H-pyrrole nitrogens is 1. The van der Waals surface area contributed by atoms with Crippen molar-refractivity contribution in [3.05, 3.63) is 69.0 Å². The molecule has 3 aromatic rings. The van der Waals surface area contributed by atoms with Gasteiger partial charge in [0.1, 0.15) is 28.9 Å². The molecule has 0 bridgehead atoms. The molecular weight excluding hydrogens is 408 g/mol. The highest BCUT2D eigenvalue weighted by molar-refractivity contribution is 5.89. The minimum absolute atomic E-state index is 0.0581. The molecule has 2 aromatic carbocycles. The van der Waals surface area contributed by atoms with Crippen molar-refractivity contribution < 1.29 is 31.8 Å². The Hall–Kier alpha value is -3.43. The number of aromatic nitrogens is 2. The van der Waals surface area contributed by atoms with Crippen LogP contribution in [0.3, 0.4) is 0 Å². The maximum atomic E-state index is 15.1. The van der Waals surface area contributed by atoms with Gasteiger partial charge in [-0.25, -0.2) is 14.2 Å². The Bertz CT molecular complexity index is 1170. The summed E-state index contributed by atoms with van der Waals surface area (Å²) >= 11 is 0. The molecule has 0 saturated heterocycles. The number of benzene rings is 2. The summed E-state index contributed by atoms with van der Waals surface area (Å²) in [4.78, 5) is 29.7. The van der Waals surface area contributed by atoms with Crippen molar-refractivity contribution in [2.45, 2.75) is 26.1 Å². The number of nitrogens with one attached hydrogen (secondary N) is 1. The van der Waals surface area contributed by atoms with Gasteiger partial charge < -0.3 is 14.5 Å². The van der Waals surface area contributed by atoms with Crippen LogP contribution in [0, 0.1) is 12.7 Å². The number of esters is 1. The highest BCUT2D eigenvalue weighted by Crippen LogP contribution is 2.39. The second-order valence-corrected chi connectivity index (χ2v) is 6.47. The molecule has 1 N–H and O–H groups in total. The van der Waals surface area contributed by atoms with Gasteiger partial charge in [-0.15, -0.1) is 0 Å². The van der Waals surface area contributed by atoms with Gasteiger partial charge in [-0.1, -0.05) is 0 Å². The standard InChI is InChI=1S/C20H16F4N2O4/c1-9(30-12-6-4-11(5-7-12)19(28)29-3)15-13(20(22,23)24)8-14-16(17(15)21)18(27)26-10(2)25-14/h4-9H,1-3H3,(H,25,26,27)/t9-/m0/s1. The number of carbonyl (C=O) groups is 1. The van der Waals surface area contributed by atoms with Crippen LogP contribution in [0.25, 0.3) is 10.9 Å². The van der Waals surface area contributed by atoms with E-state index in [4.69, 9.17) is 4.74 Å². The SMILES string of the molecule is COC(=O)c1ccc(O[C@@H](C)c2c(C(F)(F)F)cc3nc(C)[nH]c(=O)c3c2F)cc1. The van der Waals surface area contributed by atoms with Crippen molar-refractivity contribution in [1.29, 1.82) is 0 Å². The van der Waals surface area contributed by atoms with Gasteiger partial charge in [0.05, 0.1) is 23.8 Å². The molecule has 0 amide bonds. The minimum Gasteiger partial charge on any atom is -0.486 e. The first-order valence-corrected chi connectivity index (χ1v) is 8.68. The van der Waals surface area contributed by atoms with E-state index >= 15 is 4.39 Å². The number of hydrogen-bond donors (Lipinski definition) is 1. The van der Waals surface area contributed by atoms with E-state index in [1.807, 2.05) is 0 Å². The van der Waals surface area contributed by atoms with E-state index in [1.54, 1.807) is 0 Å². The number of fused-ring (bicyclic) bond motifs is 1. The molecule has 3 rings (SSSR count). The molecule has 1 atom stereocenters. The third-order valence-corrected chi connectivity index (χ3v) is 4.39. The van der Waals surface area contributed by atoms with Crippen molar-refractivity contribution in [2.24, 2.45) is 0 Å². The maximum Gasteiger partial charge on any atom is 0.416 e. The summed E-state index contributed by atoms with van der Waals surface area (Å²) in [6, 6.07) is 6.02. The average Bonchev–Trinajstić information content (AvgIpc) is 2.66. The van der Waals surface area contributed by atoms with Gasteiger partial charge in [0.15, 0.2) is 0 Å². The number of rotatable bonds is 4. The van der Waals surface area contributed by atoms with E-state index < -0.39 is 51.7 Å². The van der Waals surface area contributed by atoms with Crippen LogP contribution < -0.4 is 10.3 Å². The normalized spacial score (nSPS) is 12.6. The number of hydrogen-bond acceptors (Lipinski definition) is 5. The van der Waals surface area contributed by atoms with Gasteiger partial charge in [0, 0.05) is 5.56 Å². The van der Waals surface area contributed by atoms with Gasteiger partial charge >= 0.3 is 12.1 Å². The Morgan fingerprint density at radius 1 is 1.20 bits per heavy atom. The molecule has 1 aromatic heterocycles. The van der Waals surface area contributed by atoms with Gasteiger partial charge in [0.25, 0.3) is 5.56 Å². The molecule has 1 heterocycles. The summed E-state index contributed by atoms with van der Waals surface area (Å²) in [7, 11) is 1.20. The zero-order valence-corrected chi connectivity index (χ0v) is 16.1. The van der Waals surface area contributed by atoms with Crippen molar-refractivity contribution >= 4 is 16.9 Å². The molecule has 30 heavy (non-hydrogen) atoms. The molecule has 0 aliphatic heterocycles. The second kappa shape index (κ2) is 7.77. The molecule has 6 nitrogen and oxygen atoms in total. The Kier molecular flexibility index (Phi) is 5.51. The lowest BCUT2D eigenvalue weighted by Gasteiger charge is -2.21. The van der Waals surface area contributed by atoms with Gasteiger partial charge in [-0.2, -0.15) is 13.2 Å². The number of aromatic amines is 1. The number of halogens is 4. The molecule has 0 unspecified atom stereocenters. The first-order valence-electron chi connectivity index (χ1n) is 8.68. The van der Waals surface area contributed by atoms with Crippen molar-refractivity contribution in [1.82, 2.24) is 9.97 Å². The van der Waals surface area contributed by atoms with E-state index in [9.17, 15) is 22.8 Å². The first kappa shape index (κ1) is 21.3. The fourth-order valence-corrected chi connectivity index (χ4v) is 3.07. The molecular formula is C20H16F4N2O4. The predicted octanol–water partition coefficient (Wildman–Crippen LogP) is 4.32. The van der Waals surface area contributed by atoms with Crippen LogP contribution in [0.4, 0.5) is 17.6 Å². The van der Waals surface area contributed by atoms with Crippen molar-refractivity contribution in [2.75, 3.05) is 7.11 Å². The monoisotopic (exact) mass is 424 g/mol. The fourth-order valence-electron chi connectivity index (χ4n) is 3.07. The molecule has 0 aliphatic carbocycles. The molecule has 10 heteroatoms. The lowest BCUT2D eigenvalue weighted by molar-refractivity contribution is -0.139. The van der Waals surface area contributed by atoms with Gasteiger partial charge in [-0.3, -0.25) is 4.79 Å². The average molecular weight is 424 g/mol. The zero-order valence-electron chi connectivity index (χ0n) is 16.1. The number of ether oxygens (including phenoxy) is 2. The Morgan fingerprint density at radius 3 is 2.40 bits per heavy atom. The van der Waals surface area contributed by atoms with E-state index in [1.165, 1.54) is 45.2 Å². The Balaban J connectivity index is 2.10. The molecule has 0 fully saturated rings. The summed E-state index contributed by atoms with van der Waals surface area (Å²) < 4.78 is 66.1. The molecule has 0 aliphatic rings. The van der Waals surface area contributed by atoms with Gasteiger partial charge in [0.2, 0.25) is 0 Å². The van der Waals surface area contributed by atoms with Crippen LogP contribution >= 0.6 is 0 Å². The topological polar surface area (TPSA) is 81.3 Å². The van der Waals surface area contributed by atoms with Crippen LogP contribution in [-0.4, -0.2) is 23.0 Å². The maximum absolute atomic E-state index is 15.1. The van der Waals surface area contributed by atoms with Crippen molar-refractivity contribution in [3.63, 3.8) is 0 Å². The molecule has 0 saturated carbocycles. The fraction of sp³-hybridized carbons (Fsp3) is 0.250. The van der Waals surface area contributed by atoms with Crippen LogP contribution in [0.2, 0.25) is 0 Å². The molecule has 158 valence electrons. The quantitative estimate of drug-likeness (QED) is 0.499. The Labute approximate surface area is 167 Å². The molecule has 0 radical (unpaired) electrons.